The van der Waals surface area contributed by atoms with Gasteiger partial charge in [-0.2, -0.15) is 11.3 Å². The van der Waals surface area contributed by atoms with Crippen LogP contribution in [0, 0.1) is 12.8 Å². The first-order valence-electron chi connectivity index (χ1n) is 10.7. The van der Waals surface area contributed by atoms with Crippen LogP contribution in [0.4, 0.5) is 11.5 Å². The summed E-state index contributed by atoms with van der Waals surface area (Å²) in [7, 11) is 0. The van der Waals surface area contributed by atoms with Crippen LogP contribution in [0.5, 0.6) is 0 Å². The number of hydrogen-bond donors (Lipinski definition) is 2. The number of thiazole rings is 1. The highest BCUT2D eigenvalue weighted by Gasteiger charge is 2.28. The second-order valence-corrected chi connectivity index (χ2v) is 9.86. The summed E-state index contributed by atoms with van der Waals surface area (Å²) in [5, 5.41) is 4.70. The Morgan fingerprint density at radius 1 is 1.34 bits per heavy atom. The number of aryl methyl sites for hydroxylation is 1. The van der Waals surface area contributed by atoms with Gasteiger partial charge < -0.3 is 5.73 Å². The fourth-order valence-electron chi connectivity index (χ4n) is 3.31. The van der Waals surface area contributed by atoms with Crippen molar-refractivity contribution in [1.29, 1.82) is 0 Å². The van der Waals surface area contributed by atoms with Gasteiger partial charge in [0.15, 0.2) is 5.69 Å². The van der Waals surface area contributed by atoms with Crippen LogP contribution in [-0.2, 0) is 6.54 Å². The van der Waals surface area contributed by atoms with Crippen LogP contribution < -0.4 is 21.9 Å². The van der Waals surface area contributed by atoms with Gasteiger partial charge in [-0.3, -0.25) is 24.0 Å². The molecule has 3 aromatic rings. The maximum Gasteiger partial charge on any atom is 0.330 e. The van der Waals surface area contributed by atoms with E-state index < -0.39 is 11.2 Å². The van der Waals surface area contributed by atoms with Crippen molar-refractivity contribution in [3.63, 3.8) is 0 Å². The number of H-pyrrole nitrogens is 1. The molecule has 0 unspecified atom stereocenters. The molecule has 3 rings (SSSR count). The molecule has 0 radical (unpaired) electrons. The summed E-state index contributed by atoms with van der Waals surface area (Å²) in [6.07, 6.45) is 2.27. The molecule has 0 bridgehead atoms. The molecule has 8 nitrogen and oxygen atoms in total. The standard InChI is InChI=1S/C22H29N5O3S2/c1-5-6-9-27-18(23)16(19(28)25-22(27)30)26(10-7-13(2)3)21(29)17-14(4)24-20(32-17)15-8-11-31-12-15/h8,11-13H,5-7,9-10,23H2,1-4H3,(H,25,28,30). The Kier molecular flexibility index (Phi) is 7.68. The van der Waals surface area contributed by atoms with E-state index >= 15 is 0 Å². The molecular formula is C22H29N5O3S2. The number of nitrogens with one attached hydrogen (secondary N) is 1. The molecule has 3 N–H and O–H groups in total. The Balaban J connectivity index is 2.09. The summed E-state index contributed by atoms with van der Waals surface area (Å²) in [5.74, 6) is -0.00918. The summed E-state index contributed by atoms with van der Waals surface area (Å²) in [4.78, 5) is 47.6. The summed E-state index contributed by atoms with van der Waals surface area (Å²) < 4.78 is 1.34. The summed E-state index contributed by atoms with van der Waals surface area (Å²) in [6.45, 7) is 8.57. The number of carbonyl (C=O) groups is 1. The van der Waals surface area contributed by atoms with Crippen molar-refractivity contribution in [3.8, 4) is 10.6 Å². The summed E-state index contributed by atoms with van der Waals surface area (Å²) in [6, 6.07) is 1.96. The molecular weight excluding hydrogens is 446 g/mol. The third-order valence-corrected chi connectivity index (χ3v) is 7.03. The highest BCUT2D eigenvalue weighted by Crippen LogP contribution is 2.31. The number of carbonyl (C=O) groups excluding carboxylic acids is 1. The molecule has 0 aliphatic heterocycles. The molecule has 0 aromatic carbocycles. The monoisotopic (exact) mass is 475 g/mol. The number of thiophene rings is 1. The zero-order valence-electron chi connectivity index (χ0n) is 18.8. The normalized spacial score (nSPS) is 11.3. The predicted octanol–water partition coefficient (Wildman–Crippen LogP) is 4.11. The van der Waals surface area contributed by atoms with Crippen LogP contribution in [0.1, 0.15) is 55.4 Å². The number of aromatic amines is 1. The van der Waals surface area contributed by atoms with Crippen LogP contribution in [0.15, 0.2) is 26.4 Å². The van der Waals surface area contributed by atoms with E-state index in [9.17, 15) is 14.4 Å². The van der Waals surface area contributed by atoms with Crippen LogP contribution in [-0.4, -0.2) is 27.0 Å². The van der Waals surface area contributed by atoms with Gasteiger partial charge in [0.2, 0.25) is 0 Å². The maximum absolute atomic E-state index is 13.7. The lowest BCUT2D eigenvalue weighted by Crippen LogP contribution is -2.42. The number of nitrogens with zero attached hydrogens (tertiary/aromatic N) is 3. The Hall–Kier alpha value is -2.72. The first-order chi connectivity index (χ1) is 15.2. The lowest BCUT2D eigenvalue weighted by Gasteiger charge is -2.25. The maximum atomic E-state index is 13.7. The quantitative estimate of drug-likeness (QED) is 0.483. The molecule has 0 aliphatic rings. The number of amides is 1. The topological polar surface area (TPSA) is 114 Å². The van der Waals surface area contributed by atoms with Crippen molar-refractivity contribution < 1.29 is 4.79 Å². The summed E-state index contributed by atoms with van der Waals surface area (Å²) in [5.41, 5.74) is 6.68. The largest absolute Gasteiger partial charge is 0.383 e. The van der Waals surface area contributed by atoms with E-state index in [1.807, 2.05) is 37.6 Å². The van der Waals surface area contributed by atoms with Crippen molar-refractivity contribution >= 4 is 40.1 Å². The van der Waals surface area contributed by atoms with E-state index in [-0.39, 0.29) is 17.4 Å². The molecule has 172 valence electrons. The van der Waals surface area contributed by atoms with Crippen LogP contribution in [0.2, 0.25) is 0 Å². The zero-order chi connectivity index (χ0) is 23.4. The van der Waals surface area contributed by atoms with Gasteiger partial charge in [-0.25, -0.2) is 9.78 Å². The number of nitrogens with two attached hydrogens (primary N) is 1. The number of unbranched alkanes of at least 4 members (excludes halogenated alkanes) is 1. The van der Waals surface area contributed by atoms with E-state index in [0.717, 1.165) is 23.4 Å². The van der Waals surface area contributed by atoms with E-state index in [2.05, 4.69) is 9.97 Å². The first kappa shape index (κ1) is 23.9. The molecule has 0 spiro atoms. The van der Waals surface area contributed by atoms with E-state index in [4.69, 9.17) is 5.73 Å². The zero-order valence-corrected chi connectivity index (χ0v) is 20.4. The van der Waals surface area contributed by atoms with Gasteiger partial charge in [0.05, 0.1) is 5.69 Å². The minimum Gasteiger partial charge on any atom is -0.383 e. The van der Waals surface area contributed by atoms with E-state index in [1.165, 1.54) is 20.8 Å². The third kappa shape index (κ3) is 5.02. The number of rotatable bonds is 9. The molecule has 0 saturated carbocycles. The number of aromatic nitrogens is 3. The Morgan fingerprint density at radius 2 is 2.09 bits per heavy atom. The van der Waals surface area contributed by atoms with Gasteiger partial charge in [-0.1, -0.05) is 27.2 Å². The molecule has 0 aliphatic carbocycles. The van der Waals surface area contributed by atoms with Crippen molar-refractivity contribution in [2.24, 2.45) is 5.92 Å². The van der Waals surface area contributed by atoms with Gasteiger partial charge in [-0.05, 0) is 37.1 Å². The second-order valence-electron chi connectivity index (χ2n) is 8.08. The SMILES string of the molecule is CCCCn1c(N)c(N(CCC(C)C)C(=O)c2sc(-c3ccsc3)nc2C)c(=O)[nH]c1=O. The van der Waals surface area contributed by atoms with E-state index in [0.29, 0.717) is 36.0 Å². The fraction of sp³-hybridized carbons (Fsp3) is 0.455. The number of nitrogen functional groups attached to an aromatic ring is 1. The van der Waals surface area contributed by atoms with Crippen molar-refractivity contribution in [2.45, 2.75) is 53.5 Å². The van der Waals surface area contributed by atoms with Crippen molar-refractivity contribution in [2.75, 3.05) is 17.2 Å². The minimum absolute atomic E-state index is 0.0181. The van der Waals surface area contributed by atoms with Gasteiger partial charge in [0, 0.05) is 24.0 Å². The third-order valence-electron chi connectivity index (χ3n) is 5.15. The number of hydrogen-bond acceptors (Lipinski definition) is 7. The second kappa shape index (κ2) is 10.3. The van der Waals surface area contributed by atoms with Crippen LogP contribution in [0.25, 0.3) is 10.6 Å². The molecule has 0 fully saturated rings. The Morgan fingerprint density at radius 3 is 2.72 bits per heavy atom. The molecule has 0 atom stereocenters. The molecule has 3 heterocycles. The first-order valence-corrected chi connectivity index (χ1v) is 12.4. The summed E-state index contributed by atoms with van der Waals surface area (Å²) >= 11 is 2.86. The molecule has 3 aromatic heterocycles. The minimum atomic E-state index is -0.655. The van der Waals surface area contributed by atoms with Crippen molar-refractivity contribution in [3.05, 3.63) is 48.2 Å². The van der Waals surface area contributed by atoms with Gasteiger partial charge >= 0.3 is 5.69 Å². The Labute approximate surface area is 194 Å². The fourth-order valence-corrected chi connectivity index (χ4v) is 5.03. The highest BCUT2D eigenvalue weighted by atomic mass is 32.1. The molecule has 32 heavy (non-hydrogen) atoms. The smallest absolute Gasteiger partial charge is 0.330 e. The molecule has 10 heteroatoms. The average molecular weight is 476 g/mol. The predicted molar refractivity (Wildman–Crippen MR) is 132 cm³/mol. The van der Waals surface area contributed by atoms with Crippen LogP contribution in [0.3, 0.4) is 0 Å². The molecule has 1 amide bonds. The van der Waals surface area contributed by atoms with Gasteiger partial charge in [-0.15, -0.1) is 11.3 Å². The highest BCUT2D eigenvalue weighted by molar-refractivity contribution is 7.17. The van der Waals surface area contributed by atoms with E-state index in [1.54, 1.807) is 18.3 Å². The van der Waals surface area contributed by atoms with Crippen LogP contribution >= 0.6 is 22.7 Å². The number of anilines is 2. The van der Waals surface area contributed by atoms with Gasteiger partial charge in [0.1, 0.15) is 15.7 Å². The molecule has 0 saturated heterocycles. The lowest BCUT2D eigenvalue weighted by molar-refractivity contribution is 0.0988. The van der Waals surface area contributed by atoms with Gasteiger partial charge in [0.25, 0.3) is 11.5 Å². The average Bonchev–Trinajstić information content (AvgIpc) is 3.39. The Bertz CT molecular complexity index is 1190. The lowest BCUT2D eigenvalue weighted by atomic mass is 10.1. The van der Waals surface area contributed by atoms with Crippen molar-refractivity contribution in [1.82, 2.24) is 14.5 Å².